The van der Waals surface area contributed by atoms with Gasteiger partial charge < -0.3 is 20.6 Å². The van der Waals surface area contributed by atoms with E-state index in [2.05, 4.69) is 10.6 Å². The summed E-state index contributed by atoms with van der Waals surface area (Å²) in [6, 6.07) is 7.01. The van der Waals surface area contributed by atoms with Gasteiger partial charge >= 0.3 is 5.97 Å². The van der Waals surface area contributed by atoms with Gasteiger partial charge in [-0.05, 0) is 25.0 Å². The van der Waals surface area contributed by atoms with Crippen molar-refractivity contribution in [2.75, 3.05) is 16.8 Å². The summed E-state index contributed by atoms with van der Waals surface area (Å²) < 4.78 is 0. The van der Waals surface area contributed by atoms with Crippen LogP contribution >= 0.6 is 0 Å². The van der Waals surface area contributed by atoms with Crippen molar-refractivity contribution in [2.24, 2.45) is 0 Å². The Hall–Kier alpha value is -2.90. The second-order valence-corrected chi connectivity index (χ2v) is 7.15. The minimum absolute atomic E-state index is 0.0412. The van der Waals surface area contributed by atoms with E-state index < -0.39 is 11.5 Å². The Morgan fingerprint density at radius 1 is 1.15 bits per heavy atom. The second kappa shape index (κ2) is 7.77. The van der Waals surface area contributed by atoms with Crippen LogP contribution in [0.3, 0.4) is 0 Å². The summed E-state index contributed by atoms with van der Waals surface area (Å²) >= 11 is 0. The molecule has 144 valence electrons. The fourth-order valence-corrected chi connectivity index (χ4v) is 3.86. The predicted octanol–water partition coefficient (Wildman–Crippen LogP) is 1.66. The molecule has 3 rings (SSSR count). The Balaban J connectivity index is 1.60. The molecule has 27 heavy (non-hydrogen) atoms. The van der Waals surface area contributed by atoms with Gasteiger partial charge in [0.25, 0.3) is 0 Å². The predicted molar refractivity (Wildman–Crippen MR) is 98.3 cm³/mol. The molecule has 0 atom stereocenters. The number of rotatable bonds is 6. The molecular formula is C19H23N3O5. The first-order valence-corrected chi connectivity index (χ1v) is 9.11. The topological polar surface area (TPSA) is 116 Å². The number of hydrogen-bond donors (Lipinski definition) is 3. The van der Waals surface area contributed by atoms with Crippen molar-refractivity contribution < 1.29 is 24.3 Å². The van der Waals surface area contributed by atoms with Crippen molar-refractivity contribution in [1.29, 1.82) is 0 Å². The van der Waals surface area contributed by atoms with Crippen LogP contribution in [-0.2, 0) is 19.2 Å². The molecule has 1 aromatic carbocycles. The Labute approximate surface area is 156 Å². The number of amides is 3. The number of benzene rings is 1. The van der Waals surface area contributed by atoms with Crippen LogP contribution in [0.1, 0.15) is 44.9 Å². The van der Waals surface area contributed by atoms with Crippen molar-refractivity contribution in [1.82, 2.24) is 5.32 Å². The minimum atomic E-state index is -0.941. The van der Waals surface area contributed by atoms with Gasteiger partial charge in [0.15, 0.2) is 0 Å². The number of fused-ring (bicyclic) bond motifs is 1. The standard InChI is InChI=1S/C19H23N3O5/c23-15(21-19(11-18(26)27)9-3-4-10-19)7-8-17(25)22-12-16(24)20-13-5-1-2-6-14(13)22/h1-2,5-6H,3-4,7-12H2,(H,20,24)(H,21,23)(H,26,27). The summed E-state index contributed by atoms with van der Waals surface area (Å²) in [5, 5.41) is 14.7. The largest absolute Gasteiger partial charge is 0.481 e. The summed E-state index contributed by atoms with van der Waals surface area (Å²) in [4.78, 5) is 49.2. The smallest absolute Gasteiger partial charge is 0.305 e. The van der Waals surface area contributed by atoms with Gasteiger partial charge in [-0.2, -0.15) is 0 Å². The molecule has 1 fully saturated rings. The van der Waals surface area contributed by atoms with Crippen LogP contribution in [0.25, 0.3) is 0 Å². The lowest BCUT2D eigenvalue weighted by molar-refractivity contribution is -0.139. The van der Waals surface area contributed by atoms with E-state index in [1.165, 1.54) is 4.90 Å². The third kappa shape index (κ3) is 4.45. The van der Waals surface area contributed by atoms with Gasteiger partial charge in [-0.15, -0.1) is 0 Å². The van der Waals surface area contributed by atoms with E-state index in [0.717, 1.165) is 12.8 Å². The Kier molecular flexibility index (Phi) is 5.43. The van der Waals surface area contributed by atoms with E-state index in [1.807, 2.05) is 0 Å². The molecule has 1 aromatic rings. The molecule has 0 spiro atoms. The van der Waals surface area contributed by atoms with Crippen molar-refractivity contribution in [3.05, 3.63) is 24.3 Å². The van der Waals surface area contributed by atoms with Gasteiger partial charge in [0, 0.05) is 12.8 Å². The van der Waals surface area contributed by atoms with Gasteiger partial charge in [0.2, 0.25) is 17.7 Å². The Morgan fingerprint density at radius 3 is 2.56 bits per heavy atom. The molecule has 1 aliphatic carbocycles. The molecule has 0 radical (unpaired) electrons. The zero-order chi connectivity index (χ0) is 19.4. The van der Waals surface area contributed by atoms with E-state index >= 15 is 0 Å². The molecule has 0 bridgehead atoms. The summed E-state index contributed by atoms with van der Waals surface area (Å²) in [5.41, 5.74) is 0.474. The summed E-state index contributed by atoms with van der Waals surface area (Å²) in [7, 11) is 0. The van der Waals surface area contributed by atoms with Crippen LogP contribution in [-0.4, -0.2) is 40.9 Å². The average molecular weight is 373 g/mol. The fourth-order valence-electron chi connectivity index (χ4n) is 3.86. The number of nitrogens with one attached hydrogen (secondary N) is 2. The van der Waals surface area contributed by atoms with Crippen molar-refractivity contribution in [2.45, 2.75) is 50.5 Å². The number of hydrogen-bond acceptors (Lipinski definition) is 4. The SMILES string of the molecule is O=C(O)CC1(NC(=O)CCC(=O)N2CC(=O)Nc3ccccc32)CCCC1. The molecule has 1 heterocycles. The third-order valence-corrected chi connectivity index (χ3v) is 5.09. The number of carboxylic acid groups (broad SMARTS) is 1. The van der Waals surface area contributed by atoms with Crippen molar-refractivity contribution in [3.8, 4) is 0 Å². The molecule has 8 nitrogen and oxygen atoms in total. The maximum Gasteiger partial charge on any atom is 0.305 e. The number of para-hydroxylation sites is 2. The first-order valence-electron chi connectivity index (χ1n) is 9.11. The lowest BCUT2D eigenvalue weighted by atomic mass is 9.93. The number of anilines is 2. The van der Waals surface area contributed by atoms with Gasteiger partial charge in [-0.1, -0.05) is 25.0 Å². The molecule has 1 aliphatic heterocycles. The number of nitrogens with zero attached hydrogens (tertiary/aromatic N) is 1. The van der Waals surface area contributed by atoms with Gasteiger partial charge in [-0.25, -0.2) is 0 Å². The van der Waals surface area contributed by atoms with Crippen molar-refractivity contribution >= 4 is 35.1 Å². The fraction of sp³-hybridized carbons (Fsp3) is 0.474. The van der Waals surface area contributed by atoms with E-state index in [9.17, 15) is 19.2 Å². The second-order valence-electron chi connectivity index (χ2n) is 7.15. The van der Waals surface area contributed by atoms with Crippen LogP contribution in [0.4, 0.5) is 11.4 Å². The van der Waals surface area contributed by atoms with Gasteiger partial charge in [-0.3, -0.25) is 19.2 Å². The highest BCUT2D eigenvalue weighted by Gasteiger charge is 2.37. The molecule has 2 aliphatic rings. The first-order chi connectivity index (χ1) is 12.9. The summed E-state index contributed by atoms with van der Waals surface area (Å²) in [6.07, 6.45) is 2.85. The highest BCUT2D eigenvalue weighted by Crippen LogP contribution is 2.33. The highest BCUT2D eigenvalue weighted by molar-refractivity contribution is 6.10. The maximum absolute atomic E-state index is 12.6. The number of carbonyl (C=O) groups is 4. The van der Waals surface area contributed by atoms with Gasteiger partial charge in [0.05, 0.1) is 23.3 Å². The first kappa shape index (κ1) is 18.9. The monoisotopic (exact) mass is 373 g/mol. The van der Waals surface area contributed by atoms with Gasteiger partial charge in [0.1, 0.15) is 6.54 Å². The molecule has 3 amide bonds. The third-order valence-electron chi connectivity index (χ3n) is 5.09. The molecule has 0 saturated heterocycles. The van der Waals surface area contributed by atoms with E-state index in [0.29, 0.717) is 24.2 Å². The van der Waals surface area contributed by atoms with Crippen LogP contribution in [0, 0.1) is 0 Å². The Bertz CT molecular complexity index is 770. The lowest BCUT2D eigenvalue weighted by Crippen LogP contribution is -2.48. The van der Waals surface area contributed by atoms with E-state index in [1.54, 1.807) is 24.3 Å². The molecule has 8 heteroatoms. The number of aliphatic carboxylic acids is 1. The summed E-state index contributed by atoms with van der Waals surface area (Å²) in [5.74, 6) is -1.87. The maximum atomic E-state index is 12.6. The lowest BCUT2D eigenvalue weighted by Gasteiger charge is -2.30. The van der Waals surface area contributed by atoms with Crippen LogP contribution in [0.5, 0.6) is 0 Å². The molecule has 0 unspecified atom stereocenters. The van der Waals surface area contributed by atoms with E-state index in [-0.39, 0.29) is 43.5 Å². The zero-order valence-electron chi connectivity index (χ0n) is 15.0. The number of carbonyl (C=O) groups excluding carboxylic acids is 3. The van der Waals surface area contributed by atoms with Crippen molar-refractivity contribution in [3.63, 3.8) is 0 Å². The average Bonchev–Trinajstić information content (AvgIpc) is 3.05. The molecular weight excluding hydrogens is 350 g/mol. The van der Waals surface area contributed by atoms with E-state index in [4.69, 9.17) is 5.11 Å². The molecule has 0 aromatic heterocycles. The van der Waals surface area contributed by atoms with Crippen LogP contribution in [0.2, 0.25) is 0 Å². The minimum Gasteiger partial charge on any atom is -0.481 e. The zero-order valence-corrected chi connectivity index (χ0v) is 15.0. The van der Waals surface area contributed by atoms with Crippen LogP contribution < -0.4 is 15.5 Å². The summed E-state index contributed by atoms with van der Waals surface area (Å²) in [6.45, 7) is -0.0829. The van der Waals surface area contributed by atoms with Crippen LogP contribution in [0.15, 0.2) is 24.3 Å². The normalized spacial score (nSPS) is 17.8. The molecule has 1 saturated carbocycles. The highest BCUT2D eigenvalue weighted by atomic mass is 16.4. The molecule has 3 N–H and O–H groups in total. The quantitative estimate of drug-likeness (QED) is 0.701. The Morgan fingerprint density at radius 2 is 1.85 bits per heavy atom. The number of carboxylic acids is 1.